The summed E-state index contributed by atoms with van der Waals surface area (Å²) >= 11 is 0. The number of hydrogen-bond donors (Lipinski definition) is 0. The van der Waals surface area contributed by atoms with Crippen molar-refractivity contribution in [3.05, 3.63) is 0 Å². The van der Waals surface area contributed by atoms with Crippen molar-refractivity contribution in [2.24, 2.45) is 0 Å². The van der Waals surface area contributed by atoms with Crippen LogP contribution in [0.3, 0.4) is 0 Å². The third kappa shape index (κ3) is 14.7. The molecule has 3 aliphatic heterocycles. The van der Waals surface area contributed by atoms with Gasteiger partial charge in [-0.2, -0.15) is 0 Å². The maximum Gasteiger partial charge on any atom is 0.104 e. The van der Waals surface area contributed by atoms with E-state index in [0.29, 0.717) is 79.3 Å². The summed E-state index contributed by atoms with van der Waals surface area (Å²) in [6, 6.07) is 0. The molecule has 3 heterocycles. The minimum Gasteiger partial charge on any atom is -0.378 e. The first-order valence-corrected chi connectivity index (χ1v) is 12.1. The number of nitrogens with zero attached hydrogens (tertiary/aromatic N) is 2. The van der Waals surface area contributed by atoms with Crippen LogP contribution in [0.1, 0.15) is 20.8 Å². The summed E-state index contributed by atoms with van der Waals surface area (Å²) in [4.78, 5) is 4.63. The van der Waals surface area contributed by atoms with Gasteiger partial charge in [-0.05, 0) is 20.8 Å². The molecule has 32 heavy (non-hydrogen) atoms. The number of ether oxygens (including phenoxy) is 7. The third-order valence-electron chi connectivity index (χ3n) is 5.27. The summed E-state index contributed by atoms with van der Waals surface area (Å²) in [7, 11) is 0. The highest BCUT2D eigenvalue weighted by molar-refractivity contribution is 4.65. The van der Waals surface area contributed by atoms with E-state index in [1.165, 1.54) is 0 Å². The second-order valence-electron chi connectivity index (χ2n) is 9.12. The van der Waals surface area contributed by atoms with Crippen molar-refractivity contribution in [3.63, 3.8) is 0 Å². The summed E-state index contributed by atoms with van der Waals surface area (Å²) in [5, 5.41) is 0. The SMILES string of the molecule is CC(C)(C)OCC1COCCN2CCOCCOCCN(CCOCCOCC2)CCO1. The van der Waals surface area contributed by atoms with Crippen LogP contribution in [-0.4, -0.2) is 140 Å². The van der Waals surface area contributed by atoms with Crippen LogP contribution in [0.2, 0.25) is 0 Å². The zero-order chi connectivity index (χ0) is 22.9. The molecule has 3 rings (SSSR count). The standard InChI is InChI=1S/C23H46N2O7/c1-23(2,3)32-21-22-20-30-14-8-24-4-10-26-16-18-28-12-6-25(9-15-31-22)7-13-29-19-17-27-11-5-24/h22H,4-21H2,1-3H3. The van der Waals surface area contributed by atoms with Gasteiger partial charge in [-0.3, -0.25) is 9.80 Å². The molecule has 1 unspecified atom stereocenters. The average Bonchev–Trinajstić information content (AvgIpc) is 2.75. The molecule has 0 N–H and O–H groups in total. The Balaban J connectivity index is 1.99. The first kappa shape index (κ1) is 27.9. The highest BCUT2D eigenvalue weighted by Crippen LogP contribution is 2.09. The van der Waals surface area contributed by atoms with Gasteiger partial charge in [0.1, 0.15) is 6.10 Å². The van der Waals surface area contributed by atoms with Crippen LogP contribution < -0.4 is 0 Å². The van der Waals surface area contributed by atoms with Crippen LogP contribution in [0.4, 0.5) is 0 Å². The minimum absolute atomic E-state index is 0.0959. The van der Waals surface area contributed by atoms with Crippen molar-refractivity contribution >= 4 is 0 Å². The van der Waals surface area contributed by atoms with E-state index < -0.39 is 0 Å². The van der Waals surface area contributed by atoms with Crippen molar-refractivity contribution < 1.29 is 33.2 Å². The van der Waals surface area contributed by atoms with Gasteiger partial charge in [0, 0.05) is 39.3 Å². The van der Waals surface area contributed by atoms with E-state index in [1.807, 2.05) is 0 Å². The van der Waals surface area contributed by atoms with E-state index in [0.717, 1.165) is 39.3 Å². The maximum atomic E-state index is 6.18. The van der Waals surface area contributed by atoms with Crippen molar-refractivity contribution in [3.8, 4) is 0 Å². The molecule has 1 atom stereocenters. The zero-order valence-corrected chi connectivity index (χ0v) is 20.6. The van der Waals surface area contributed by atoms with E-state index >= 15 is 0 Å². The molecule has 0 aliphatic carbocycles. The molecule has 0 amide bonds. The van der Waals surface area contributed by atoms with Crippen molar-refractivity contribution in [2.45, 2.75) is 32.5 Å². The lowest BCUT2D eigenvalue weighted by Crippen LogP contribution is -2.38. The first-order valence-electron chi connectivity index (χ1n) is 12.1. The molecule has 3 aliphatic rings. The van der Waals surface area contributed by atoms with E-state index in [1.54, 1.807) is 0 Å². The van der Waals surface area contributed by atoms with Gasteiger partial charge in [-0.1, -0.05) is 0 Å². The van der Waals surface area contributed by atoms with E-state index in [-0.39, 0.29) is 11.7 Å². The van der Waals surface area contributed by atoms with Crippen LogP contribution in [-0.2, 0) is 33.2 Å². The zero-order valence-electron chi connectivity index (χ0n) is 20.6. The molecule has 0 spiro atoms. The Morgan fingerprint density at radius 2 is 1.00 bits per heavy atom. The molecule has 9 nitrogen and oxygen atoms in total. The van der Waals surface area contributed by atoms with Crippen molar-refractivity contribution in [1.82, 2.24) is 9.80 Å². The number of rotatable bonds is 2. The van der Waals surface area contributed by atoms with Crippen LogP contribution in [0, 0.1) is 0 Å². The fourth-order valence-electron chi connectivity index (χ4n) is 3.33. The molecule has 9 heteroatoms. The molecule has 0 radical (unpaired) electrons. The summed E-state index contributed by atoms with van der Waals surface area (Å²) in [6.07, 6.45) is -0.0959. The second kappa shape index (κ2) is 17.1. The van der Waals surface area contributed by atoms with Crippen LogP contribution in [0.25, 0.3) is 0 Å². The van der Waals surface area contributed by atoms with Gasteiger partial charge in [-0.25, -0.2) is 0 Å². The molecule has 0 saturated carbocycles. The molecule has 2 bridgehead atoms. The lowest BCUT2D eigenvalue weighted by Gasteiger charge is -2.27. The van der Waals surface area contributed by atoms with Gasteiger partial charge in [-0.15, -0.1) is 0 Å². The average molecular weight is 463 g/mol. The summed E-state index contributed by atoms with van der Waals surface area (Å²) in [5.41, 5.74) is -0.208. The highest BCUT2D eigenvalue weighted by atomic mass is 16.6. The highest BCUT2D eigenvalue weighted by Gasteiger charge is 2.18. The monoisotopic (exact) mass is 462 g/mol. The van der Waals surface area contributed by atoms with E-state index in [2.05, 4.69) is 30.6 Å². The second-order valence-corrected chi connectivity index (χ2v) is 9.12. The van der Waals surface area contributed by atoms with Gasteiger partial charge >= 0.3 is 0 Å². The molecule has 3 fully saturated rings. The predicted octanol–water partition coefficient (Wildman–Crippen LogP) is 0.901. The lowest BCUT2D eigenvalue weighted by atomic mass is 10.2. The Bertz CT molecular complexity index is 431. The molecule has 3 saturated heterocycles. The van der Waals surface area contributed by atoms with Gasteiger partial charge in [0.05, 0.1) is 84.9 Å². The molecule has 190 valence electrons. The smallest absolute Gasteiger partial charge is 0.104 e. The van der Waals surface area contributed by atoms with Gasteiger partial charge in [0.2, 0.25) is 0 Å². The van der Waals surface area contributed by atoms with Gasteiger partial charge < -0.3 is 33.2 Å². The van der Waals surface area contributed by atoms with Gasteiger partial charge in [0.15, 0.2) is 0 Å². The summed E-state index contributed by atoms with van der Waals surface area (Å²) in [5.74, 6) is 0. The molecule has 0 aromatic rings. The molecular weight excluding hydrogens is 416 g/mol. The number of hydrogen-bond acceptors (Lipinski definition) is 9. The molecule has 0 aromatic carbocycles. The fourth-order valence-corrected chi connectivity index (χ4v) is 3.33. The first-order chi connectivity index (χ1) is 15.5. The Hall–Kier alpha value is -0.360. The third-order valence-corrected chi connectivity index (χ3v) is 5.27. The Kier molecular flexibility index (Phi) is 14.9. The topological polar surface area (TPSA) is 71.1 Å². The van der Waals surface area contributed by atoms with Crippen LogP contribution in [0.15, 0.2) is 0 Å². The Morgan fingerprint density at radius 1 is 0.594 bits per heavy atom. The van der Waals surface area contributed by atoms with Crippen LogP contribution in [0.5, 0.6) is 0 Å². The quantitative estimate of drug-likeness (QED) is 0.595. The summed E-state index contributed by atoms with van der Waals surface area (Å²) < 4.78 is 41.2. The normalized spacial score (nSPS) is 29.9. The van der Waals surface area contributed by atoms with Crippen LogP contribution >= 0.6 is 0 Å². The minimum atomic E-state index is -0.208. The number of fused-ring (bicyclic) bond motifs is 21. The van der Waals surface area contributed by atoms with E-state index in [4.69, 9.17) is 33.2 Å². The maximum absolute atomic E-state index is 6.18. The van der Waals surface area contributed by atoms with Gasteiger partial charge in [0.25, 0.3) is 0 Å². The lowest BCUT2D eigenvalue weighted by molar-refractivity contribution is -0.101. The van der Waals surface area contributed by atoms with Crippen molar-refractivity contribution in [2.75, 3.05) is 119 Å². The van der Waals surface area contributed by atoms with Crippen molar-refractivity contribution in [1.29, 1.82) is 0 Å². The Labute approximate surface area is 194 Å². The predicted molar refractivity (Wildman–Crippen MR) is 122 cm³/mol. The molecule has 0 aromatic heterocycles. The van der Waals surface area contributed by atoms with E-state index in [9.17, 15) is 0 Å². The Morgan fingerprint density at radius 3 is 1.44 bits per heavy atom. The largest absolute Gasteiger partial charge is 0.378 e. The fraction of sp³-hybridized carbons (Fsp3) is 1.00. The summed E-state index contributed by atoms with van der Waals surface area (Å²) in [6.45, 7) is 18.5. The molecular formula is C23H46N2O7.